The quantitative estimate of drug-likeness (QED) is 0.561. The van der Waals surface area contributed by atoms with E-state index in [1.807, 2.05) is 0 Å². The van der Waals surface area contributed by atoms with Crippen LogP contribution < -0.4 is 5.32 Å². The van der Waals surface area contributed by atoms with Crippen molar-refractivity contribution in [2.45, 2.75) is 19.8 Å². The summed E-state index contributed by atoms with van der Waals surface area (Å²) < 4.78 is 0. The van der Waals surface area contributed by atoms with Crippen molar-refractivity contribution in [1.82, 2.24) is 5.32 Å². The largest absolute Gasteiger partial charge is 0.478 e. The van der Waals surface area contributed by atoms with Crippen molar-refractivity contribution in [3.8, 4) is 0 Å². The van der Waals surface area contributed by atoms with Gasteiger partial charge >= 0.3 is 11.9 Å². The summed E-state index contributed by atoms with van der Waals surface area (Å²) >= 11 is 6.08. The Morgan fingerprint density at radius 2 is 1.67 bits per heavy atom. The third-order valence-electron chi connectivity index (χ3n) is 3.74. The standard InChI is InChI=1S/C15H13ClN2O6/c1-6-10(14(19)20)12(11(15(21)22)7(2)17-6)8-4-3-5-9(13(8)16)18(23)24/h3-5,12,17H,1-2H3,(H,19,20)(H,21,22). The molecule has 8 nitrogen and oxygen atoms in total. The van der Waals surface area contributed by atoms with Crippen molar-refractivity contribution in [1.29, 1.82) is 0 Å². The number of hydrogen-bond donors (Lipinski definition) is 3. The van der Waals surface area contributed by atoms with Crippen LogP contribution in [0.15, 0.2) is 40.7 Å². The molecule has 0 saturated carbocycles. The highest BCUT2D eigenvalue weighted by Gasteiger charge is 2.38. The molecule has 1 aliphatic heterocycles. The van der Waals surface area contributed by atoms with Gasteiger partial charge in [-0.15, -0.1) is 0 Å². The van der Waals surface area contributed by atoms with Crippen LogP contribution in [-0.2, 0) is 9.59 Å². The van der Waals surface area contributed by atoms with E-state index in [-0.39, 0.29) is 33.1 Å². The molecule has 0 fully saturated rings. The maximum Gasteiger partial charge on any atom is 0.334 e. The Kier molecular flexibility index (Phi) is 4.61. The van der Waals surface area contributed by atoms with Crippen LogP contribution in [0.1, 0.15) is 25.3 Å². The van der Waals surface area contributed by atoms with Crippen molar-refractivity contribution >= 4 is 29.2 Å². The third-order valence-corrected chi connectivity index (χ3v) is 4.15. The number of allylic oxidation sites excluding steroid dienone is 2. The number of aliphatic carboxylic acids is 2. The number of carboxylic acids is 2. The molecule has 9 heteroatoms. The second-order valence-corrected chi connectivity index (χ2v) is 5.56. The Hall–Kier alpha value is -2.87. The number of rotatable bonds is 4. The van der Waals surface area contributed by atoms with Crippen molar-refractivity contribution < 1.29 is 24.7 Å². The predicted octanol–water partition coefficient (Wildman–Crippen LogP) is 2.65. The number of halogens is 1. The molecule has 3 N–H and O–H groups in total. The fraction of sp³-hybridized carbons (Fsp3) is 0.200. The van der Waals surface area contributed by atoms with Gasteiger partial charge in [0.25, 0.3) is 5.69 Å². The third kappa shape index (κ3) is 2.83. The van der Waals surface area contributed by atoms with Gasteiger partial charge in [-0.05, 0) is 19.4 Å². The van der Waals surface area contributed by atoms with Gasteiger partial charge in [0.05, 0.1) is 22.0 Å². The lowest BCUT2D eigenvalue weighted by Crippen LogP contribution is -2.31. The van der Waals surface area contributed by atoms with Crippen molar-refractivity contribution in [3.05, 3.63) is 61.4 Å². The maximum absolute atomic E-state index is 11.7. The maximum atomic E-state index is 11.7. The molecule has 0 spiro atoms. The van der Waals surface area contributed by atoms with E-state index in [2.05, 4.69) is 5.32 Å². The SMILES string of the molecule is CC1=C(C(=O)O)C(c2cccc([N+](=O)[O-])c2Cl)C(C(=O)O)=C(C)N1. The van der Waals surface area contributed by atoms with Gasteiger partial charge in [0.1, 0.15) is 5.02 Å². The Morgan fingerprint density at radius 3 is 2.08 bits per heavy atom. The minimum atomic E-state index is -1.33. The monoisotopic (exact) mass is 352 g/mol. The molecule has 0 amide bonds. The molecule has 1 aromatic rings. The normalized spacial score (nSPS) is 15.3. The van der Waals surface area contributed by atoms with E-state index in [0.717, 1.165) is 0 Å². The number of carbonyl (C=O) groups is 2. The molecule has 0 aliphatic carbocycles. The van der Waals surface area contributed by atoms with E-state index in [9.17, 15) is 29.9 Å². The average Bonchev–Trinajstić information content (AvgIpc) is 2.45. The van der Waals surface area contributed by atoms with Crippen molar-refractivity contribution in [3.63, 3.8) is 0 Å². The number of carboxylic acid groups (broad SMARTS) is 2. The molecular weight excluding hydrogens is 340 g/mol. The first-order valence-corrected chi connectivity index (χ1v) is 7.12. The minimum Gasteiger partial charge on any atom is -0.478 e. The Bertz CT molecular complexity index is 791. The van der Waals surface area contributed by atoms with Crippen LogP contribution in [-0.4, -0.2) is 27.1 Å². The van der Waals surface area contributed by atoms with Gasteiger partial charge in [0, 0.05) is 17.5 Å². The molecular formula is C15H13ClN2O6. The summed E-state index contributed by atoms with van der Waals surface area (Å²) in [5, 5.41) is 32.5. The van der Waals surface area contributed by atoms with Crippen LogP contribution in [0.25, 0.3) is 0 Å². The van der Waals surface area contributed by atoms with Gasteiger partial charge in [-0.25, -0.2) is 9.59 Å². The fourth-order valence-corrected chi connectivity index (χ4v) is 3.08. The second-order valence-electron chi connectivity index (χ2n) is 5.18. The summed E-state index contributed by atoms with van der Waals surface area (Å²) in [4.78, 5) is 33.7. The number of nitrogens with one attached hydrogen (secondary N) is 1. The summed E-state index contributed by atoms with van der Waals surface area (Å²) in [5.74, 6) is -3.90. The number of nitrogens with zero attached hydrogens (tertiary/aromatic N) is 1. The van der Waals surface area contributed by atoms with Crippen LogP contribution in [0.2, 0.25) is 5.02 Å². The lowest BCUT2D eigenvalue weighted by molar-refractivity contribution is -0.384. The minimum absolute atomic E-state index is 0.0564. The molecule has 0 saturated heterocycles. The van der Waals surface area contributed by atoms with Gasteiger partial charge in [-0.3, -0.25) is 10.1 Å². The van der Waals surface area contributed by atoms with Gasteiger partial charge in [-0.2, -0.15) is 0 Å². The lowest BCUT2D eigenvalue weighted by atomic mass is 9.80. The smallest absolute Gasteiger partial charge is 0.334 e. The van der Waals surface area contributed by atoms with E-state index in [1.165, 1.54) is 32.0 Å². The van der Waals surface area contributed by atoms with Crippen molar-refractivity contribution in [2.75, 3.05) is 0 Å². The Morgan fingerprint density at radius 1 is 1.17 bits per heavy atom. The number of dihydropyridines is 1. The average molecular weight is 353 g/mol. The molecule has 1 heterocycles. The summed E-state index contributed by atoms with van der Waals surface area (Å²) in [6.07, 6.45) is 0. The van der Waals surface area contributed by atoms with Gasteiger partial charge in [0.15, 0.2) is 0 Å². The fourth-order valence-electron chi connectivity index (χ4n) is 2.77. The molecule has 24 heavy (non-hydrogen) atoms. The number of nitro groups is 1. The summed E-state index contributed by atoms with van der Waals surface area (Å²) in [6.45, 7) is 2.98. The first-order valence-electron chi connectivity index (χ1n) is 6.74. The van der Waals surface area contributed by atoms with Gasteiger partial charge in [-0.1, -0.05) is 23.7 Å². The highest BCUT2D eigenvalue weighted by Crippen LogP contribution is 2.43. The van der Waals surface area contributed by atoms with Crippen LogP contribution >= 0.6 is 11.6 Å². The lowest BCUT2D eigenvalue weighted by Gasteiger charge is -2.29. The summed E-state index contributed by atoms with van der Waals surface area (Å²) in [5.41, 5.74) is -0.311. The van der Waals surface area contributed by atoms with Crippen LogP contribution in [0.4, 0.5) is 5.69 Å². The molecule has 0 aromatic heterocycles. The van der Waals surface area contributed by atoms with Crippen LogP contribution in [0.3, 0.4) is 0 Å². The zero-order valence-electron chi connectivity index (χ0n) is 12.7. The van der Waals surface area contributed by atoms with E-state index in [0.29, 0.717) is 0 Å². The molecule has 126 valence electrons. The summed E-state index contributed by atoms with van der Waals surface area (Å²) in [6, 6.07) is 3.89. The van der Waals surface area contributed by atoms with E-state index in [4.69, 9.17) is 11.6 Å². The Labute approximate surface area is 141 Å². The molecule has 0 atom stereocenters. The number of nitro benzene ring substituents is 1. The highest BCUT2D eigenvalue weighted by molar-refractivity contribution is 6.33. The van der Waals surface area contributed by atoms with E-state index < -0.39 is 28.5 Å². The Balaban J connectivity index is 2.81. The molecule has 2 rings (SSSR count). The zero-order chi connectivity index (χ0) is 18.2. The molecule has 1 aliphatic rings. The van der Waals surface area contributed by atoms with E-state index in [1.54, 1.807) is 0 Å². The van der Waals surface area contributed by atoms with Crippen molar-refractivity contribution in [2.24, 2.45) is 0 Å². The number of hydrogen-bond acceptors (Lipinski definition) is 5. The molecule has 1 aromatic carbocycles. The van der Waals surface area contributed by atoms with Gasteiger partial charge in [0.2, 0.25) is 0 Å². The number of benzene rings is 1. The molecule has 0 unspecified atom stereocenters. The van der Waals surface area contributed by atoms with E-state index >= 15 is 0 Å². The first kappa shape index (κ1) is 17.5. The highest BCUT2D eigenvalue weighted by atomic mass is 35.5. The first-order chi connectivity index (χ1) is 11.2. The van der Waals surface area contributed by atoms with Crippen LogP contribution in [0.5, 0.6) is 0 Å². The predicted molar refractivity (Wildman–Crippen MR) is 84.7 cm³/mol. The topological polar surface area (TPSA) is 130 Å². The molecule has 0 radical (unpaired) electrons. The van der Waals surface area contributed by atoms with Gasteiger partial charge < -0.3 is 15.5 Å². The molecule has 0 bridgehead atoms. The van der Waals surface area contributed by atoms with Crippen LogP contribution in [0, 0.1) is 10.1 Å². The summed E-state index contributed by atoms with van der Waals surface area (Å²) in [7, 11) is 0. The second kappa shape index (κ2) is 6.32. The zero-order valence-corrected chi connectivity index (χ0v) is 13.4.